The number of aliphatic hydroxyl groups excluding tert-OH is 5. The second-order valence-electron chi connectivity index (χ2n) is 23.6. The lowest BCUT2D eigenvalue weighted by Crippen LogP contribution is -2.62. The second kappa shape index (κ2) is 42.2. The maximum atomic E-state index is 14.2. The number of nitrogens with one attached hydrogen (secondary N) is 13. The average molecular weight is 1420 g/mol. The third kappa shape index (κ3) is 30.4. The number of rotatable bonds is 43. The van der Waals surface area contributed by atoms with Gasteiger partial charge in [0.1, 0.15) is 78.0 Å². The van der Waals surface area contributed by atoms with Crippen LogP contribution < -0.4 is 80.6 Å². The molecular weight excluding hydrogens is 1330 g/mol. The number of hydrogen-bond acceptors (Lipinski definition) is 24. The van der Waals surface area contributed by atoms with E-state index in [4.69, 9.17) is 11.5 Å². The van der Waals surface area contributed by atoms with Crippen LogP contribution in [0.25, 0.3) is 0 Å². The standard InChI is InChI=1S/C60H89N15O25/c1-26(2)15-34(67-53(92)38(19-46(87)88)70-55(94)39(23-76)71-56(95)40(24-77)72-59(98)49(29(6)80)74-45(86)22-65-57(96)47(62)28(5)79)50(89)64-20-43(84)63-21-44(85)66-35(16-30-7-11-32(81)12-8-30)51(90)69-37(18-42(61)83)52(91)68-36(17-31-9-13-33(82)14-10-31)54(93)75-48(27(3)4)58(97)73-41(25-78)60(99)100/h7-14,26-29,34-41,47-49,76-82H,15-25,62H2,1-6H3,(H2,61,83)(H,63,84)(H,64,89)(H,65,96)(H,66,85)(H,67,92)(H,68,91)(H,69,90)(H,70,94)(H,71,95)(H,72,98)(H,73,97)(H,74,86)(H,75,93)(H,87,88)(H,99,100)/t28-,29-,34+,35+,36+,37+,38+,39+,40+,41+,47+,48+,49+/m1/s1. The van der Waals surface area contributed by atoms with Crippen LogP contribution in [0, 0.1) is 11.8 Å². The van der Waals surface area contributed by atoms with E-state index in [2.05, 4.69) is 53.2 Å². The van der Waals surface area contributed by atoms with Gasteiger partial charge in [0.25, 0.3) is 0 Å². The summed E-state index contributed by atoms with van der Waals surface area (Å²) >= 11 is 0. The fourth-order valence-corrected chi connectivity index (χ4v) is 8.81. The van der Waals surface area contributed by atoms with Crippen molar-refractivity contribution in [3.63, 3.8) is 0 Å². The summed E-state index contributed by atoms with van der Waals surface area (Å²) < 4.78 is 0. The summed E-state index contributed by atoms with van der Waals surface area (Å²) in [5.74, 6) is -21.0. The normalized spacial score (nSPS) is 14.9. The summed E-state index contributed by atoms with van der Waals surface area (Å²) in [7, 11) is 0. The molecule has 0 radical (unpaired) electrons. The number of aliphatic hydroxyl groups is 5. The Kier molecular flexibility index (Phi) is 36.0. The zero-order valence-corrected chi connectivity index (χ0v) is 55.3. The van der Waals surface area contributed by atoms with Crippen LogP contribution in [0.15, 0.2) is 48.5 Å². The Hall–Kier alpha value is -10.7. The predicted octanol–water partition coefficient (Wildman–Crippen LogP) is -10.7. The molecule has 2 aromatic rings. The second-order valence-corrected chi connectivity index (χ2v) is 23.6. The van der Waals surface area contributed by atoms with Crippen LogP contribution >= 0.6 is 0 Å². The number of carbonyl (C=O) groups is 16. The van der Waals surface area contributed by atoms with Crippen LogP contribution in [0.1, 0.15) is 71.9 Å². The van der Waals surface area contributed by atoms with E-state index in [1.54, 1.807) is 13.8 Å². The van der Waals surface area contributed by atoms with Crippen molar-refractivity contribution in [2.75, 3.05) is 39.5 Å². The van der Waals surface area contributed by atoms with Gasteiger partial charge in [-0.2, -0.15) is 0 Å². The summed E-state index contributed by atoms with van der Waals surface area (Å²) in [6.45, 7) is 2.36. The largest absolute Gasteiger partial charge is 0.508 e. The van der Waals surface area contributed by atoms with E-state index in [9.17, 15) is 123 Å². The fraction of sp³-hybridized carbons (Fsp3) is 0.533. The first-order valence-corrected chi connectivity index (χ1v) is 30.9. The van der Waals surface area contributed by atoms with Crippen molar-refractivity contribution in [1.82, 2.24) is 69.1 Å². The van der Waals surface area contributed by atoms with Crippen molar-refractivity contribution in [2.24, 2.45) is 23.3 Å². The molecule has 0 aliphatic heterocycles. The molecule has 0 spiro atoms. The molecule has 13 atom stereocenters. The van der Waals surface area contributed by atoms with Crippen LogP contribution in [0.3, 0.4) is 0 Å². The van der Waals surface area contributed by atoms with Gasteiger partial charge in [-0.3, -0.25) is 71.9 Å². The molecule has 0 aliphatic carbocycles. The van der Waals surface area contributed by atoms with E-state index < -0.39 is 244 Å². The SMILES string of the molecule is CC(C)C[C@H](NC(=O)[C@H](CC(=O)O)NC(=O)[C@H](CO)NC(=O)[C@H](CO)NC(=O)[C@@H](NC(=O)CNC(=O)[C@@H](N)[C@@H](C)O)[C@@H](C)O)C(=O)NCC(=O)NCC(=O)N[C@@H](Cc1ccc(O)cc1)C(=O)N[C@@H](CC(N)=O)C(=O)N[C@@H](Cc1ccc(O)cc1)C(=O)N[C@H](C(=O)N[C@@H](CO)C(=O)O)C(C)C. The number of phenols is 2. The van der Waals surface area contributed by atoms with Crippen LogP contribution in [0.5, 0.6) is 11.5 Å². The molecule has 0 unspecified atom stereocenters. The molecule has 0 fully saturated rings. The third-order valence-electron chi connectivity index (χ3n) is 14.3. The van der Waals surface area contributed by atoms with E-state index in [1.807, 2.05) is 16.0 Å². The summed E-state index contributed by atoms with van der Waals surface area (Å²) in [5, 5.41) is 117. The molecule has 40 heteroatoms. The van der Waals surface area contributed by atoms with Gasteiger partial charge in [0.2, 0.25) is 82.7 Å². The Morgan fingerprint density at radius 3 is 1.20 bits per heavy atom. The number of hydrogen-bond donors (Lipinski definition) is 24. The Balaban J connectivity index is 2.27. The zero-order chi connectivity index (χ0) is 75.8. The summed E-state index contributed by atoms with van der Waals surface area (Å²) in [6, 6.07) is -8.90. The van der Waals surface area contributed by atoms with Crippen LogP contribution in [0.2, 0.25) is 0 Å². The van der Waals surface area contributed by atoms with Gasteiger partial charge in [-0.15, -0.1) is 0 Å². The molecule has 0 aliphatic rings. The molecule has 26 N–H and O–H groups in total. The molecule has 40 nitrogen and oxygen atoms in total. The number of phenolic OH excluding ortho intramolecular Hbond substituents is 2. The number of amides is 14. The number of carboxylic acid groups (broad SMARTS) is 2. The van der Waals surface area contributed by atoms with Gasteiger partial charge in [0, 0.05) is 12.8 Å². The van der Waals surface area contributed by atoms with Crippen LogP contribution in [-0.4, -0.2) is 259 Å². The number of benzene rings is 2. The smallest absolute Gasteiger partial charge is 0.328 e. The molecule has 0 saturated carbocycles. The van der Waals surface area contributed by atoms with E-state index in [0.29, 0.717) is 11.1 Å². The first-order chi connectivity index (χ1) is 46.8. The van der Waals surface area contributed by atoms with Crippen molar-refractivity contribution in [3.05, 3.63) is 59.7 Å². The van der Waals surface area contributed by atoms with Gasteiger partial charge in [-0.05, 0) is 67.5 Å². The fourth-order valence-electron chi connectivity index (χ4n) is 8.81. The summed E-state index contributed by atoms with van der Waals surface area (Å²) in [5.41, 5.74) is 11.6. The maximum Gasteiger partial charge on any atom is 0.328 e. The summed E-state index contributed by atoms with van der Waals surface area (Å²) in [6.07, 6.45) is -6.02. The number of aromatic hydroxyl groups is 2. The molecule has 0 saturated heterocycles. The number of nitrogens with two attached hydrogens (primary N) is 2. The van der Waals surface area contributed by atoms with E-state index in [0.717, 1.165) is 6.92 Å². The lowest BCUT2D eigenvalue weighted by atomic mass is 10.00. The lowest BCUT2D eigenvalue weighted by molar-refractivity contribution is -0.143. The Morgan fingerprint density at radius 2 is 0.760 bits per heavy atom. The van der Waals surface area contributed by atoms with Gasteiger partial charge < -0.3 is 127 Å². The van der Waals surface area contributed by atoms with Gasteiger partial charge in [0.05, 0.1) is 64.5 Å². The Morgan fingerprint density at radius 1 is 0.390 bits per heavy atom. The zero-order valence-electron chi connectivity index (χ0n) is 55.3. The highest BCUT2D eigenvalue weighted by molar-refractivity contribution is 6.00. The predicted molar refractivity (Wildman–Crippen MR) is 343 cm³/mol. The van der Waals surface area contributed by atoms with Crippen molar-refractivity contribution in [3.8, 4) is 11.5 Å². The molecule has 0 heterocycles. The van der Waals surface area contributed by atoms with Crippen molar-refractivity contribution in [2.45, 2.75) is 152 Å². The highest BCUT2D eigenvalue weighted by Crippen LogP contribution is 2.15. The van der Waals surface area contributed by atoms with Crippen molar-refractivity contribution >= 4 is 94.6 Å². The third-order valence-corrected chi connectivity index (χ3v) is 14.3. The highest BCUT2D eigenvalue weighted by Gasteiger charge is 2.37. The Labute approximate surface area is 571 Å². The monoisotopic (exact) mass is 1420 g/mol. The van der Waals surface area contributed by atoms with Gasteiger partial charge in [-0.25, -0.2) is 4.79 Å². The molecule has 2 aromatic carbocycles. The van der Waals surface area contributed by atoms with Gasteiger partial charge in [0.15, 0.2) is 0 Å². The topological polar surface area (TPSA) is 664 Å². The number of primary amides is 1. The Bertz CT molecular complexity index is 3210. The van der Waals surface area contributed by atoms with Crippen molar-refractivity contribution in [1.29, 1.82) is 0 Å². The quantitative estimate of drug-likeness (QED) is 0.0293. The molecule has 554 valence electrons. The van der Waals surface area contributed by atoms with Crippen molar-refractivity contribution < 1.29 is 123 Å². The average Bonchev–Trinajstić information content (AvgIpc) is 0.855. The molecule has 2 rings (SSSR count). The van der Waals surface area contributed by atoms with Gasteiger partial charge in [-0.1, -0.05) is 52.0 Å². The minimum Gasteiger partial charge on any atom is -0.508 e. The number of carbonyl (C=O) groups excluding carboxylic acids is 14. The van der Waals surface area contributed by atoms with E-state index >= 15 is 0 Å². The summed E-state index contributed by atoms with van der Waals surface area (Å²) in [4.78, 5) is 210. The molecule has 0 aromatic heterocycles. The maximum absolute atomic E-state index is 14.2. The first-order valence-electron chi connectivity index (χ1n) is 30.9. The van der Waals surface area contributed by atoms with Crippen LogP contribution in [-0.2, 0) is 89.6 Å². The number of carboxylic acids is 2. The number of aliphatic carboxylic acids is 2. The molecule has 100 heavy (non-hydrogen) atoms. The molecular formula is C60H89N15O25. The van der Waals surface area contributed by atoms with E-state index in [1.165, 1.54) is 69.3 Å². The molecule has 0 bridgehead atoms. The van der Waals surface area contributed by atoms with Gasteiger partial charge >= 0.3 is 11.9 Å². The van der Waals surface area contributed by atoms with Crippen LogP contribution in [0.4, 0.5) is 0 Å². The minimum atomic E-state index is -2.06. The first kappa shape index (κ1) is 85.4. The minimum absolute atomic E-state index is 0.176. The molecule has 14 amide bonds. The lowest BCUT2D eigenvalue weighted by Gasteiger charge is -2.28. The highest BCUT2D eigenvalue weighted by atomic mass is 16.4. The van der Waals surface area contributed by atoms with E-state index in [-0.39, 0.29) is 24.3 Å².